The normalized spacial score (nSPS) is 8.31. The number of hydrogen-bond acceptors (Lipinski definition) is 0. The van der Waals surface area contributed by atoms with Crippen LogP contribution in [0.25, 0.3) is 0 Å². The smallest absolute Gasteiger partial charge is 0 e. The van der Waals surface area contributed by atoms with Crippen molar-refractivity contribution in [1.82, 2.24) is 0 Å². The van der Waals surface area contributed by atoms with E-state index in [4.69, 9.17) is 0 Å². The van der Waals surface area contributed by atoms with Gasteiger partial charge in [0.25, 0.3) is 0 Å². The van der Waals surface area contributed by atoms with Gasteiger partial charge in [-0.15, -0.1) is 0 Å². The van der Waals surface area contributed by atoms with Crippen LogP contribution in [-0.4, -0.2) is 59.3 Å². The van der Waals surface area contributed by atoms with E-state index >= 15 is 0 Å². The summed E-state index contributed by atoms with van der Waals surface area (Å²) in [5.41, 5.74) is 0. The van der Waals surface area contributed by atoms with E-state index in [1.807, 2.05) is 0 Å². The van der Waals surface area contributed by atoms with Crippen molar-refractivity contribution >= 4 is 59.3 Å². The summed E-state index contributed by atoms with van der Waals surface area (Å²) in [5.74, 6) is 0. The Labute approximate surface area is 121 Å². The average Bonchev–Trinajstić information content (AvgIpc) is 1.54. The van der Waals surface area contributed by atoms with Gasteiger partial charge >= 0.3 is 104 Å². The minimum Gasteiger partial charge on any atom is 0 e. The Morgan fingerprint density at radius 2 is 0.385 bits per heavy atom. The van der Waals surface area contributed by atoms with Gasteiger partial charge in [0.15, 0.2) is 0 Å². The monoisotopic (exact) mass is 597 g/mol. The van der Waals surface area contributed by atoms with Crippen LogP contribution in [0.4, 0.5) is 0 Å². The van der Waals surface area contributed by atoms with Gasteiger partial charge in [-0.25, -0.2) is 0 Å². The van der Waals surface area contributed by atoms with Crippen LogP contribution in [0.3, 0.4) is 0 Å². The predicted octanol–water partition coefficient (Wildman–Crippen LogP) is 4.11. The molecular formula is C9H27RuSn3. The molecule has 13 heavy (non-hydrogen) atoms. The molecule has 0 aliphatic rings. The quantitative estimate of drug-likeness (QED) is 0.372. The first-order chi connectivity index (χ1) is 5.20. The maximum absolute atomic E-state index is 2.36. The average molecular weight is 593 g/mol. The summed E-state index contributed by atoms with van der Waals surface area (Å²) in [4.78, 5) is 21.3. The van der Waals surface area contributed by atoms with Crippen LogP contribution < -0.4 is 0 Å². The minimum atomic E-state index is -0.543. The summed E-state index contributed by atoms with van der Waals surface area (Å²) in [6.45, 7) is 0. The molecule has 0 saturated carbocycles. The van der Waals surface area contributed by atoms with Crippen molar-refractivity contribution in [3.63, 3.8) is 0 Å². The van der Waals surface area contributed by atoms with Gasteiger partial charge in [-0.1, -0.05) is 0 Å². The minimum absolute atomic E-state index is 0. The Morgan fingerprint density at radius 3 is 0.385 bits per heavy atom. The molecule has 83 valence electrons. The Bertz CT molecular complexity index is 43.4. The fourth-order valence-electron chi connectivity index (χ4n) is 0. The maximum Gasteiger partial charge on any atom is 0 e. The Balaban J connectivity index is -0.0000000450. The molecule has 0 heterocycles. The first kappa shape index (κ1) is 25.0. The van der Waals surface area contributed by atoms with Crippen molar-refractivity contribution < 1.29 is 19.5 Å². The van der Waals surface area contributed by atoms with E-state index < -0.39 is 59.3 Å². The number of hydrogen-bond donors (Lipinski definition) is 0. The first-order valence-electron chi connectivity index (χ1n) is 4.50. The zero-order valence-corrected chi connectivity index (χ0v) is 21.2. The van der Waals surface area contributed by atoms with E-state index in [9.17, 15) is 0 Å². The number of rotatable bonds is 0. The topological polar surface area (TPSA) is 0 Å². The van der Waals surface area contributed by atoms with Gasteiger partial charge in [-0.3, -0.25) is 0 Å². The molecule has 0 unspecified atom stereocenters. The molecular weight excluding hydrogens is 565 g/mol. The Morgan fingerprint density at radius 1 is 0.385 bits per heavy atom. The zero-order valence-electron chi connectivity index (χ0n) is 10.9. The van der Waals surface area contributed by atoms with Crippen molar-refractivity contribution in [3.05, 3.63) is 0 Å². The summed E-state index contributed by atoms with van der Waals surface area (Å²) in [5, 5.41) is 0. The Hall–Kier alpha value is 3.02. The zero-order chi connectivity index (χ0) is 10.7. The van der Waals surface area contributed by atoms with Gasteiger partial charge in [-0.05, 0) is 0 Å². The van der Waals surface area contributed by atoms with Gasteiger partial charge in [0.05, 0.1) is 0 Å². The molecule has 0 N–H and O–H groups in total. The van der Waals surface area contributed by atoms with E-state index in [-0.39, 0.29) is 19.5 Å². The molecule has 0 spiro atoms. The van der Waals surface area contributed by atoms with Crippen molar-refractivity contribution in [3.8, 4) is 0 Å². The molecule has 0 fully saturated rings. The van der Waals surface area contributed by atoms with Crippen molar-refractivity contribution in [2.75, 3.05) is 0 Å². The van der Waals surface area contributed by atoms with Crippen LogP contribution in [-0.2, 0) is 19.5 Å². The summed E-state index contributed by atoms with van der Waals surface area (Å²) in [7, 11) is 0. The molecule has 0 atom stereocenters. The molecule has 0 aromatic rings. The van der Waals surface area contributed by atoms with Crippen LogP contribution in [0, 0.1) is 0 Å². The molecule has 0 aromatic heterocycles. The fraction of sp³-hybridized carbons (Fsp3) is 1.00. The Kier molecular flexibility index (Phi) is 39.3. The molecule has 0 nitrogen and oxygen atoms in total. The predicted molar refractivity (Wildman–Crippen MR) is 70.0 cm³/mol. The van der Waals surface area contributed by atoms with Crippen LogP contribution >= 0.6 is 0 Å². The second kappa shape index (κ2) is 20.4. The molecule has 0 aromatic carbocycles. The van der Waals surface area contributed by atoms with Crippen molar-refractivity contribution in [2.45, 2.75) is 44.5 Å². The van der Waals surface area contributed by atoms with Crippen LogP contribution in [0.15, 0.2) is 0 Å². The third-order valence-corrected chi connectivity index (χ3v) is 0. The van der Waals surface area contributed by atoms with Gasteiger partial charge < -0.3 is 0 Å². The van der Waals surface area contributed by atoms with Gasteiger partial charge in [0, 0.05) is 19.5 Å². The molecule has 0 aliphatic heterocycles. The van der Waals surface area contributed by atoms with E-state index in [1.54, 1.807) is 0 Å². The van der Waals surface area contributed by atoms with E-state index in [2.05, 4.69) is 44.5 Å². The van der Waals surface area contributed by atoms with E-state index in [0.29, 0.717) is 0 Å². The maximum atomic E-state index is 2.36. The van der Waals surface area contributed by atoms with Gasteiger partial charge in [-0.2, -0.15) is 0 Å². The fourth-order valence-corrected chi connectivity index (χ4v) is 0. The molecule has 0 saturated heterocycles. The summed E-state index contributed by atoms with van der Waals surface area (Å²) < 4.78 is 0. The van der Waals surface area contributed by atoms with Crippen LogP contribution in [0.2, 0.25) is 44.5 Å². The molecule has 4 heteroatoms. The van der Waals surface area contributed by atoms with Gasteiger partial charge in [0.2, 0.25) is 0 Å². The second-order valence-corrected chi connectivity index (χ2v) is 30.2. The first-order valence-corrected chi connectivity index (χ1v) is 30.2. The third kappa shape index (κ3) is 279. The van der Waals surface area contributed by atoms with Crippen molar-refractivity contribution in [2.24, 2.45) is 0 Å². The third-order valence-electron chi connectivity index (χ3n) is 0. The van der Waals surface area contributed by atoms with E-state index in [0.717, 1.165) is 0 Å². The van der Waals surface area contributed by atoms with E-state index in [1.165, 1.54) is 0 Å². The summed E-state index contributed by atoms with van der Waals surface area (Å²) >= 11 is -1.63. The van der Waals surface area contributed by atoms with Crippen LogP contribution in [0.5, 0.6) is 0 Å². The molecule has 0 amide bonds. The summed E-state index contributed by atoms with van der Waals surface area (Å²) in [6.07, 6.45) is 0. The van der Waals surface area contributed by atoms with Crippen molar-refractivity contribution in [1.29, 1.82) is 0 Å². The second-order valence-electron chi connectivity index (χ2n) is 4.50. The standard InChI is InChI=1S/9CH3.Ru.3Sn/h9*1H3;;;;. The van der Waals surface area contributed by atoms with Crippen LogP contribution in [0.1, 0.15) is 0 Å². The molecule has 0 bridgehead atoms. The molecule has 0 aliphatic carbocycles. The molecule has 0 rings (SSSR count). The molecule has 3 radical (unpaired) electrons. The largest absolute Gasteiger partial charge is 0 e. The SMILES string of the molecule is [CH3][Sn]([CH3])[CH3].[CH3][Sn]([CH3])[CH3].[CH3][Sn]([CH3])[CH3].[Ru]. The summed E-state index contributed by atoms with van der Waals surface area (Å²) in [6, 6.07) is 0. The van der Waals surface area contributed by atoms with Gasteiger partial charge in [0.1, 0.15) is 0 Å².